The monoisotopic (exact) mass is 383 g/mol. The lowest BCUT2D eigenvalue weighted by Crippen LogP contribution is -2.36. The van der Waals surface area contributed by atoms with Gasteiger partial charge in [0.1, 0.15) is 0 Å². The Balaban J connectivity index is 1.75. The van der Waals surface area contributed by atoms with Crippen LogP contribution < -0.4 is 5.32 Å². The molecule has 0 radical (unpaired) electrons. The molecule has 1 N–H and O–H groups in total. The van der Waals surface area contributed by atoms with E-state index in [1.54, 1.807) is 11.3 Å². The van der Waals surface area contributed by atoms with Crippen molar-refractivity contribution in [1.29, 1.82) is 0 Å². The second kappa shape index (κ2) is 9.12. The number of hydrogen-bond donors (Lipinski definition) is 1. The number of fused-ring (bicyclic) bond motifs is 1. The molecule has 5 heteroatoms. The first-order valence-electron chi connectivity index (χ1n) is 8.84. The first-order valence-corrected chi connectivity index (χ1v) is 10.1. The number of nitrogens with zero attached hydrogens (tertiary/aromatic N) is 2. The summed E-state index contributed by atoms with van der Waals surface area (Å²) in [5.41, 5.74) is 1.07. The first-order chi connectivity index (χ1) is 12.6. The summed E-state index contributed by atoms with van der Waals surface area (Å²) in [5.74, 6) is 0. The van der Waals surface area contributed by atoms with E-state index in [2.05, 4.69) is 89.2 Å². The Morgan fingerprint density at radius 1 is 1.00 bits per heavy atom. The number of anilines is 1. The van der Waals surface area contributed by atoms with Gasteiger partial charge in [-0.05, 0) is 62.2 Å². The molecule has 1 aromatic heterocycles. The predicted molar refractivity (Wildman–Crippen MR) is 118 cm³/mol. The molecule has 0 aliphatic rings. The van der Waals surface area contributed by atoms with E-state index in [1.165, 1.54) is 15.6 Å². The van der Waals surface area contributed by atoms with Gasteiger partial charge in [-0.1, -0.05) is 42.5 Å². The number of benzene rings is 2. The Labute approximate surface area is 165 Å². The Morgan fingerprint density at radius 2 is 1.81 bits per heavy atom. The first kappa shape index (κ1) is 18.8. The van der Waals surface area contributed by atoms with E-state index < -0.39 is 0 Å². The van der Waals surface area contributed by atoms with E-state index in [4.69, 9.17) is 12.2 Å². The maximum atomic E-state index is 5.78. The zero-order chi connectivity index (χ0) is 18.4. The molecule has 0 amide bonds. The zero-order valence-corrected chi connectivity index (χ0v) is 16.9. The van der Waals surface area contributed by atoms with Crippen molar-refractivity contribution in [3.63, 3.8) is 0 Å². The fraction of sp³-hybridized carbons (Fsp3) is 0.286. The molecule has 0 saturated heterocycles. The lowest BCUT2D eigenvalue weighted by Gasteiger charge is -2.26. The van der Waals surface area contributed by atoms with Crippen LogP contribution in [0.25, 0.3) is 10.8 Å². The van der Waals surface area contributed by atoms with Crippen molar-refractivity contribution < 1.29 is 0 Å². The van der Waals surface area contributed by atoms with Gasteiger partial charge in [0.25, 0.3) is 0 Å². The van der Waals surface area contributed by atoms with Crippen LogP contribution in [0.5, 0.6) is 0 Å². The molecule has 0 saturated carbocycles. The Morgan fingerprint density at radius 3 is 2.58 bits per heavy atom. The third-order valence-electron chi connectivity index (χ3n) is 4.28. The average molecular weight is 384 g/mol. The van der Waals surface area contributed by atoms with E-state index in [9.17, 15) is 0 Å². The normalized spacial score (nSPS) is 11.0. The van der Waals surface area contributed by atoms with Crippen molar-refractivity contribution in [3.05, 3.63) is 64.9 Å². The molecular formula is C21H25N3S2. The molecule has 0 unspecified atom stereocenters. The third kappa shape index (κ3) is 5.04. The topological polar surface area (TPSA) is 18.5 Å². The van der Waals surface area contributed by atoms with Gasteiger partial charge in [0.05, 0.1) is 6.54 Å². The van der Waals surface area contributed by atoms with Crippen molar-refractivity contribution in [1.82, 2.24) is 9.80 Å². The summed E-state index contributed by atoms with van der Waals surface area (Å²) in [6.07, 6.45) is 1.08. The van der Waals surface area contributed by atoms with Crippen LogP contribution in [-0.2, 0) is 6.54 Å². The highest BCUT2D eigenvalue weighted by Gasteiger charge is 2.12. The maximum Gasteiger partial charge on any atom is 0.173 e. The molecule has 136 valence electrons. The lowest BCUT2D eigenvalue weighted by atomic mass is 10.1. The van der Waals surface area contributed by atoms with Crippen molar-refractivity contribution in [2.75, 3.05) is 32.5 Å². The fourth-order valence-corrected chi connectivity index (χ4v) is 3.93. The minimum absolute atomic E-state index is 0.786. The molecule has 2 aromatic carbocycles. The molecule has 3 nitrogen and oxygen atoms in total. The van der Waals surface area contributed by atoms with Crippen LogP contribution in [0, 0.1) is 0 Å². The van der Waals surface area contributed by atoms with Crippen molar-refractivity contribution in [2.24, 2.45) is 0 Å². The third-order valence-corrected chi connectivity index (χ3v) is 5.50. The van der Waals surface area contributed by atoms with Gasteiger partial charge in [-0.3, -0.25) is 0 Å². The van der Waals surface area contributed by atoms with Crippen molar-refractivity contribution in [2.45, 2.75) is 13.0 Å². The van der Waals surface area contributed by atoms with Crippen molar-refractivity contribution >= 4 is 45.1 Å². The molecule has 0 fully saturated rings. The lowest BCUT2D eigenvalue weighted by molar-refractivity contribution is 0.347. The minimum atomic E-state index is 0.786. The molecule has 1 heterocycles. The second-order valence-corrected chi connectivity index (χ2v) is 8.03. The van der Waals surface area contributed by atoms with Crippen LogP contribution in [0.2, 0.25) is 0 Å². The number of thiophene rings is 1. The van der Waals surface area contributed by atoms with E-state index in [-0.39, 0.29) is 0 Å². The van der Waals surface area contributed by atoms with Crippen LogP contribution in [-0.4, -0.2) is 42.1 Å². The smallest absolute Gasteiger partial charge is 0.173 e. The zero-order valence-electron chi connectivity index (χ0n) is 15.3. The fourth-order valence-electron chi connectivity index (χ4n) is 2.95. The summed E-state index contributed by atoms with van der Waals surface area (Å²) in [6.45, 7) is 2.84. The molecule has 0 bridgehead atoms. The van der Waals surface area contributed by atoms with Crippen LogP contribution in [0.4, 0.5) is 5.69 Å². The Hall–Kier alpha value is -1.95. The molecule has 26 heavy (non-hydrogen) atoms. The Kier molecular flexibility index (Phi) is 6.61. The van der Waals surface area contributed by atoms with Gasteiger partial charge in [0.2, 0.25) is 0 Å². The standard InChI is InChI=1S/C21H25N3S2/c1-23(2)13-7-14-24(16-18-10-6-15-26-18)21(25)22-20-12-5-9-17-8-3-4-11-19(17)20/h3-6,8-12,15H,7,13-14,16H2,1-2H3,(H,22,25). The largest absolute Gasteiger partial charge is 0.344 e. The van der Waals surface area contributed by atoms with Gasteiger partial charge < -0.3 is 15.1 Å². The number of hydrogen-bond acceptors (Lipinski definition) is 3. The highest BCUT2D eigenvalue weighted by atomic mass is 32.1. The second-order valence-electron chi connectivity index (χ2n) is 6.61. The number of nitrogens with one attached hydrogen (secondary N) is 1. The van der Waals surface area contributed by atoms with Gasteiger partial charge in [0, 0.05) is 22.5 Å². The number of rotatable bonds is 7. The molecular weight excluding hydrogens is 358 g/mol. The van der Waals surface area contributed by atoms with Crippen LogP contribution >= 0.6 is 23.6 Å². The van der Waals surface area contributed by atoms with E-state index in [0.717, 1.165) is 36.9 Å². The van der Waals surface area contributed by atoms with E-state index >= 15 is 0 Å². The summed E-state index contributed by atoms with van der Waals surface area (Å²) in [4.78, 5) is 5.81. The van der Waals surface area contributed by atoms with Crippen LogP contribution in [0.3, 0.4) is 0 Å². The molecule has 0 atom stereocenters. The van der Waals surface area contributed by atoms with Gasteiger partial charge >= 0.3 is 0 Å². The summed E-state index contributed by atoms with van der Waals surface area (Å²) in [7, 11) is 4.21. The summed E-state index contributed by atoms with van der Waals surface area (Å²) in [5, 5.41) is 8.81. The summed E-state index contributed by atoms with van der Waals surface area (Å²) < 4.78 is 0. The molecule has 0 spiro atoms. The van der Waals surface area contributed by atoms with Crippen LogP contribution in [0.1, 0.15) is 11.3 Å². The molecule has 0 aliphatic carbocycles. The van der Waals surface area contributed by atoms with Gasteiger partial charge in [-0.2, -0.15) is 0 Å². The molecule has 0 aliphatic heterocycles. The van der Waals surface area contributed by atoms with Gasteiger partial charge in [0.15, 0.2) is 5.11 Å². The highest BCUT2D eigenvalue weighted by molar-refractivity contribution is 7.80. The highest BCUT2D eigenvalue weighted by Crippen LogP contribution is 2.23. The average Bonchev–Trinajstić information content (AvgIpc) is 3.14. The summed E-state index contributed by atoms with van der Waals surface area (Å²) >= 11 is 7.56. The summed E-state index contributed by atoms with van der Waals surface area (Å²) in [6, 6.07) is 19.0. The Bertz CT molecular complexity index is 838. The molecule has 3 rings (SSSR count). The van der Waals surface area contributed by atoms with Crippen molar-refractivity contribution in [3.8, 4) is 0 Å². The van der Waals surface area contributed by atoms with Crippen LogP contribution in [0.15, 0.2) is 60.0 Å². The minimum Gasteiger partial charge on any atom is -0.344 e. The molecule has 3 aromatic rings. The van der Waals surface area contributed by atoms with E-state index in [1.807, 2.05) is 0 Å². The SMILES string of the molecule is CN(C)CCCN(Cc1cccs1)C(=S)Nc1cccc2ccccc12. The van der Waals surface area contributed by atoms with Gasteiger partial charge in [-0.25, -0.2) is 0 Å². The quantitative estimate of drug-likeness (QED) is 0.575. The van der Waals surface area contributed by atoms with E-state index in [0.29, 0.717) is 0 Å². The van der Waals surface area contributed by atoms with Gasteiger partial charge in [-0.15, -0.1) is 11.3 Å². The maximum absolute atomic E-state index is 5.78. The number of thiocarbonyl (C=S) groups is 1. The predicted octanol–water partition coefficient (Wildman–Crippen LogP) is 5.05.